The van der Waals surface area contributed by atoms with Crippen LogP contribution >= 0.6 is 0 Å². The lowest BCUT2D eigenvalue weighted by molar-refractivity contribution is 0.0938. The van der Waals surface area contributed by atoms with Gasteiger partial charge in [0.15, 0.2) is 23.0 Å². The van der Waals surface area contributed by atoms with Crippen molar-refractivity contribution >= 4 is 22.6 Å². The van der Waals surface area contributed by atoms with Gasteiger partial charge in [0, 0.05) is 21.9 Å². The minimum absolute atomic E-state index is 0.236. The fraction of sp³-hybridized carbons (Fsp3) is 0.684. The quantitative estimate of drug-likeness (QED) is 0.0412. The topological polar surface area (TPSA) is 132 Å². The van der Waals surface area contributed by atoms with Crippen molar-refractivity contribution in [2.75, 3.05) is 65.9 Å². The Hall–Kier alpha value is -5.52. The van der Waals surface area contributed by atoms with E-state index in [2.05, 4.69) is 52.2 Å². The summed E-state index contributed by atoms with van der Waals surface area (Å²) in [5.41, 5.74) is 0.922. The molecule has 0 heterocycles. The van der Waals surface area contributed by atoms with E-state index in [1.54, 1.807) is 0 Å². The molecule has 496 valence electrons. The van der Waals surface area contributed by atoms with Crippen LogP contribution in [-0.2, 0) is 0 Å². The van der Waals surface area contributed by atoms with Crippen LogP contribution < -0.4 is 48.5 Å². The number of carbonyl (C=O) groups is 2. The molecule has 2 amide bonds. The number of carbonyl (C=O) groups excluding carboxylic acids is 2. The molecule has 0 unspecified atom stereocenters. The maximum absolute atomic E-state index is 14.0. The first-order valence-corrected chi connectivity index (χ1v) is 35.8. The molecule has 4 aromatic carbocycles. The minimum Gasteiger partial charge on any atom is -0.491 e. The zero-order valence-corrected chi connectivity index (χ0v) is 56.4. The monoisotopic (exact) mass is 1220 g/mol. The summed E-state index contributed by atoms with van der Waals surface area (Å²) in [6, 6.07) is 19.0. The van der Waals surface area contributed by atoms with Crippen LogP contribution in [0, 0.1) is 0 Å². The smallest absolute Gasteiger partial charge is 0.251 e. The molecule has 0 radical (unpaired) electrons. The van der Waals surface area contributed by atoms with E-state index in [-0.39, 0.29) is 38.1 Å². The van der Waals surface area contributed by atoms with Crippen LogP contribution in [0.2, 0.25) is 0 Å². The number of ether oxygens (including phenoxy) is 8. The van der Waals surface area contributed by atoms with Gasteiger partial charge in [-0.15, -0.1) is 0 Å². The predicted molar refractivity (Wildman–Crippen MR) is 366 cm³/mol. The van der Waals surface area contributed by atoms with Gasteiger partial charge in [0.2, 0.25) is 11.5 Å². The number of unbranched alkanes of at least 4 members (excludes halogenated alkanes) is 30. The van der Waals surface area contributed by atoms with Crippen molar-refractivity contribution in [2.45, 2.75) is 273 Å². The van der Waals surface area contributed by atoms with Gasteiger partial charge in [-0.3, -0.25) is 9.59 Å². The van der Waals surface area contributed by atoms with Gasteiger partial charge in [0.1, 0.15) is 24.7 Å². The Morgan fingerprint density at radius 2 is 0.500 bits per heavy atom. The Morgan fingerprint density at radius 1 is 0.273 bits per heavy atom. The second-order valence-corrected chi connectivity index (χ2v) is 24.1. The summed E-state index contributed by atoms with van der Waals surface area (Å²) in [5, 5.41) is 7.95. The summed E-state index contributed by atoms with van der Waals surface area (Å²) < 4.78 is 51.7. The van der Waals surface area contributed by atoms with E-state index in [1.165, 1.54) is 154 Å². The number of benzene rings is 4. The lowest BCUT2D eigenvalue weighted by atomic mass is 10.1. The number of fused-ring (bicyclic) bond motifs is 1. The second kappa shape index (κ2) is 50.3. The highest BCUT2D eigenvalue weighted by molar-refractivity contribution is 5.96. The molecule has 88 heavy (non-hydrogen) atoms. The molecule has 0 aliphatic rings. The fourth-order valence-electron chi connectivity index (χ4n) is 10.9. The van der Waals surface area contributed by atoms with Gasteiger partial charge in [0.25, 0.3) is 11.8 Å². The van der Waals surface area contributed by atoms with Crippen molar-refractivity contribution in [2.24, 2.45) is 0 Å². The SMILES string of the molecule is CCCCCCCCOc1cc(C(=O)NCCOc2cccc3c(OCCNC(=O)c4cc(OCCCCCCCC)c(OCCCCCCCC)c(OCCCCCCCC)c4)cccc23)cc(OCCCCCCCC)c1OCCCCCCCC. The van der Waals surface area contributed by atoms with Gasteiger partial charge in [-0.1, -0.05) is 258 Å². The maximum Gasteiger partial charge on any atom is 0.251 e. The first kappa shape index (κ1) is 74.9. The van der Waals surface area contributed by atoms with E-state index in [1.807, 2.05) is 60.7 Å². The Morgan fingerprint density at radius 3 is 0.761 bits per heavy atom. The summed E-state index contributed by atoms with van der Waals surface area (Å²) in [6.07, 6.45) is 41.6. The Bertz CT molecular complexity index is 2170. The van der Waals surface area contributed by atoms with Gasteiger partial charge < -0.3 is 48.5 Å². The van der Waals surface area contributed by atoms with Crippen molar-refractivity contribution in [3.05, 3.63) is 71.8 Å². The van der Waals surface area contributed by atoms with E-state index in [9.17, 15) is 9.59 Å². The van der Waals surface area contributed by atoms with Crippen molar-refractivity contribution in [3.8, 4) is 46.0 Å². The largest absolute Gasteiger partial charge is 0.491 e. The van der Waals surface area contributed by atoms with Crippen LogP contribution in [0.4, 0.5) is 0 Å². The van der Waals surface area contributed by atoms with Crippen molar-refractivity contribution in [1.29, 1.82) is 0 Å². The molecule has 4 rings (SSSR count). The summed E-state index contributed by atoms with van der Waals surface area (Å²) in [7, 11) is 0. The number of nitrogens with one attached hydrogen (secondary N) is 2. The molecule has 0 atom stereocenters. The van der Waals surface area contributed by atoms with Gasteiger partial charge in [-0.05, 0) is 74.9 Å². The molecular weight excluding hydrogens is 1100 g/mol. The van der Waals surface area contributed by atoms with Crippen LogP contribution in [0.1, 0.15) is 293 Å². The van der Waals surface area contributed by atoms with Gasteiger partial charge in [-0.25, -0.2) is 0 Å². The van der Waals surface area contributed by atoms with E-state index in [0.717, 1.165) is 87.8 Å². The number of amides is 2. The summed E-state index contributed by atoms with van der Waals surface area (Å²) in [5.74, 6) is 4.30. The second-order valence-electron chi connectivity index (χ2n) is 24.1. The van der Waals surface area contributed by atoms with Gasteiger partial charge >= 0.3 is 0 Å². The normalized spacial score (nSPS) is 11.2. The van der Waals surface area contributed by atoms with Crippen molar-refractivity contribution in [1.82, 2.24) is 10.6 Å². The molecule has 0 aliphatic heterocycles. The maximum atomic E-state index is 14.0. The zero-order chi connectivity index (χ0) is 62.8. The third-order valence-electron chi connectivity index (χ3n) is 16.2. The third-order valence-corrected chi connectivity index (χ3v) is 16.2. The van der Waals surface area contributed by atoms with Crippen LogP contribution in [0.25, 0.3) is 10.8 Å². The van der Waals surface area contributed by atoms with Crippen molar-refractivity contribution < 1.29 is 47.5 Å². The Labute approximate surface area is 534 Å². The average molecular weight is 1220 g/mol. The third kappa shape index (κ3) is 31.8. The first-order valence-electron chi connectivity index (χ1n) is 35.8. The number of hydrogen-bond acceptors (Lipinski definition) is 10. The van der Waals surface area contributed by atoms with E-state index in [0.29, 0.717) is 96.8 Å². The van der Waals surface area contributed by atoms with Gasteiger partial charge in [-0.2, -0.15) is 0 Å². The fourth-order valence-corrected chi connectivity index (χ4v) is 10.9. The molecule has 12 heteroatoms. The first-order chi connectivity index (χ1) is 43.4. The molecule has 2 N–H and O–H groups in total. The zero-order valence-electron chi connectivity index (χ0n) is 56.4. The lowest BCUT2D eigenvalue weighted by Crippen LogP contribution is -2.28. The molecule has 0 saturated heterocycles. The highest BCUT2D eigenvalue weighted by Crippen LogP contribution is 2.41. The molecule has 0 aromatic heterocycles. The van der Waals surface area contributed by atoms with E-state index >= 15 is 0 Å². The molecule has 0 spiro atoms. The van der Waals surface area contributed by atoms with Crippen molar-refractivity contribution in [3.63, 3.8) is 0 Å². The van der Waals surface area contributed by atoms with Crippen LogP contribution in [0.5, 0.6) is 46.0 Å². The molecule has 12 nitrogen and oxygen atoms in total. The molecule has 4 aromatic rings. The summed E-state index contributed by atoms with van der Waals surface area (Å²) in [4.78, 5) is 28.0. The molecule has 0 fully saturated rings. The number of rotatable bonds is 58. The van der Waals surface area contributed by atoms with Crippen LogP contribution in [-0.4, -0.2) is 77.8 Å². The van der Waals surface area contributed by atoms with Gasteiger partial charge in [0.05, 0.1) is 52.7 Å². The summed E-state index contributed by atoms with van der Waals surface area (Å²) >= 11 is 0. The Balaban J connectivity index is 1.43. The molecular formula is C76H122N2O10. The summed E-state index contributed by atoms with van der Waals surface area (Å²) in [6.45, 7) is 17.8. The lowest BCUT2D eigenvalue weighted by Gasteiger charge is -2.19. The van der Waals surface area contributed by atoms with Crippen LogP contribution in [0.15, 0.2) is 60.7 Å². The number of hydrogen-bond donors (Lipinski definition) is 2. The molecule has 0 aliphatic carbocycles. The predicted octanol–water partition coefficient (Wildman–Crippen LogP) is 20.9. The standard InChI is InChI=1S/C76H122N2O10/c1-7-13-19-25-31-37-51-81-69-59-63(60-70(82-52-38-32-26-20-14-8-2)73(69)87-55-41-35-29-23-17-11-5)75(79)77-49-57-85-67-47-43-46-66-65(67)45-44-48-68(66)86-58-50-78-76(80)64-61-71(83-53-39-33-27-21-15-9-3)74(88-56-42-36-30-24-18-12-6)72(62-64)84-54-40-34-28-22-16-10-4/h43-48,59-62H,7-42,49-58H2,1-6H3,(H,77,79)(H,78,80). The van der Waals surface area contributed by atoms with E-state index < -0.39 is 0 Å². The molecule has 0 saturated carbocycles. The molecule has 0 bridgehead atoms. The van der Waals surface area contributed by atoms with E-state index in [4.69, 9.17) is 37.9 Å². The highest BCUT2D eigenvalue weighted by atomic mass is 16.5. The minimum atomic E-state index is -0.236. The highest BCUT2D eigenvalue weighted by Gasteiger charge is 2.22. The average Bonchev–Trinajstić information content (AvgIpc) is 2.35. The van der Waals surface area contributed by atoms with Crippen LogP contribution in [0.3, 0.4) is 0 Å². The Kier molecular flexibility index (Phi) is 42.8.